The van der Waals surface area contributed by atoms with E-state index in [0.717, 1.165) is 24.8 Å². The summed E-state index contributed by atoms with van der Waals surface area (Å²) in [5.74, 6) is 1.49. The SMILES string of the molecule is CCCC1CCN(c2nccnc2C(=N)N)C1. The van der Waals surface area contributed by atoms with Crippen LogP contribution in [0, 0.1) is 11.3 Å². The van der Waals surface area contributed by atoms with Gasteiger partial charge in [0.15, 0.2) is 5.82 Å². The second-order valence-corrected chi connectivity index (χ2v) is 4.53. The second-order valence-electron chi connectivity index (χ2n) is 4.53. The third-order valence-electron chi connectivity index (χ3n) is 3.22. The first-order chi connectivity index (χ1) is 8.22. The maximum Gasteiger partial charge on any atom is 0.158 e. The average molecular weight is 233 g/mol. The molecule has 1 aromatic rings. The fraction of sp³-hybridized carbons (Fsp3) is 0.583. The Balaban J connectivity index is 2.16. The summed E-state index contributed by atoms with van der Waals surface area (Å²) in [5.41, 5.74) is 6.03. The lowest BCUT2D eigenvalue weighted by atomic mass is 10.0. The highest BCUT2D eigenvalue weighted by molar-refractivity contribution is 5.97. The van der Waals surface area contributed by atoms with Crippen molar-refractivity contribution < 1.29 is 0 Å². The van der Waals surface area contributed by atoms with Crippen LogP contribution in [0.4, 0.5) is 5.82 Å². The van der Waals surface area contributed by atoms with Crippen molar-refractivity contribution >= 4 is 11.7 Å². The molecule has 0 amide bonds. The molecule has 1 atom stereocenters. The van der Waals surface area contributed by atoms with Crippen LogP contribution in [0.3, 0.4) is 0 Å². The molecular weight excluding hydrogens is 214 g/mol. The number of nitrogen functional groups attached to an aromatic ring is 1. The summed E-state index contributed by atoms with van der Waals surface area (Å²) in [6, 6.07) is 0. The molecule has 5 nitrogen and oxygen atoms in total. The Morgan fingerprint density at radius 3 is 3.00 bits per heavy atom. The smallest absolute Gasteiger partial charge is 0.158 e. The van der Waals surface area contributed by atoms with Crippen LogP contribution in [0.25, 0.3) is 0 Å². The zero-order valence-corrected chi connectivity index (χ0v) is 10.2. The van der Waals surface area contributed by atoms with Crippen LogP contribution in [0.1, 0.15) is 31.9 Å². The van der Waals surface area contributed by atoms with E-state index in [1.807, 2.05) is 0 Å². The summed E-state index contributed by atoms with van der Waals surface area (Å²) in [6.45, 7) is 4.21. The summed E-state index contributed by atoms with van der Waals surface area (Å²) < 4.78 is 0. The topological polar surface area (TPSA) is 78.9 Å². The van der Waals surface area contributed by atoms with Crippen LogP contribution in [0.2, 0.25) is 0 Å². The van der Waals surface area contributed by atoms with E-state index >= 15 is 0 Å². The molecule has 1 aliphatic rings. The first-order valence-electron chi connectivity index (χ1n) is 6.12. The summed E-state index contributed by atoms with van der Waals surface area (Å²) >= 11 is 0. The molecule has 17 heavy (non-hydrogen) atoms. The fourth-order valence-electron chi connectivity index (χ4n) is 2.42. The number of aromatic nitrogens is 2. The van der Waals surface area contributed by atoms with Gasteiger partial charge in [0.05, 0.1) is 0 Å². The van der Waals surface area contributed by atoms with Crippen molar-refractivity contribution in [2.75, 3.05) is 18.0 Å². The third-order valence-corrected chi connectivity index (χ3v) is 3.22. The lowest BCUT2D eigenvalue weighted by molar-refractivity contribution is 0.529. The number of hydrogen-bond donors (Lipinski definition) is 2. The molecule has 5 heteroatoms. The monoisotopic (exact) mass is 233 g/mol. The number of hydrogen-bond acceptors (Lipinski definition) is 4. The predicted molar refractivity (Wildman–Crippen MR) is 68.3 cm³/mol. The van der Waals surface area contributed by atoms with Crippen molar-refractivity contribution in [1.82, 2.24) is 9.97 Å². The van der Waals surface area contributed by atoms with E-state index < -0.39 is 0 Å². The molecule has 2 heterocycles. The Kier molecular flexibility index (Phi) is 3.56. The number of anilines is 1. The lowest BCUT2D eigenvalue weighted by Crippen LogP contribution is -2.26. The van der Waals surface area contributed by atoms with Crippen LogP contribution < -0.4 is 10.6 Å². The fourth-order valence-corrected chi connectivity index (χ4v) is 2.42. The normalized spacial score (nSPS) is 19.6. The summed E-state index contributed by atoms with van der Waals surface area (Å²) in [6.07, 6.45) is 6.92. The highest BCUT2D eigenvalue weighted by Gasteiger charge is 2.25. The van der Waals surface area contributed by atoms with Crippen LogP contribution in [0.5, 0.6) is 0 Å². The highest BCUT2D eigenvalue weighted by atomic mass is 15.2. The van der Waals surface area contributed by atoms with E-state index in [4.69, 9.17) is 11.1 Å². The lowest BCUT2D eigenvalue weighted by Gasteiger charge is -2.19. The van der Waals surface area contributed by atoms with Crippen molar-refractivity contribution in [1.29, 1.82) is 5.41 Å². The van der Waals surface area contributed by atoms with Gasteiger partial charge in [0.25, 0.3) is 0 Å². The van der Waals surface area contributed by atoms with Gasteiger partial charge in [-0.1, -0.05) is 13.3 Å². The van der Waals surface area contributed by atoms with Crippen molar-refractivity contribution in [3.63, 3.8) is 0 Å². The summed E-state index contributed by atoms with van der Waals surface area (Å²) in [7, 11) is 0. The minimum atomic E-state index is -0.00737. The summed E-state index contributed by atoms with van der Waals surface area (Å²) in [5, 5.41) is 7.52. The van der Waals surface area contributed by atoms with Crippen molar-refractivity contribution in [3.8, 4) is 0 Å². The third kappa shape index (κ3) is 2.54. The molecule has 1 saturated heterocycles. The van der Waals surface area contributed by atoms with Crippen molar-refractivity contribution in [2.24, 2.45) is 11.7 Å². The van der Waals surface area contributed by atoms with Gasteiger partial charge in [-0.25, -0.2) is 9.97 Å². The maximum absolute atomic E-state index is 7.52. The minimum absolute atomic E-state index is 0.00737. The van der Waals surface area contributed by atoms with E-state index in [1.165, 1.54) is 19.3 Å². The molecule has 2 rings (SSSR count). The van der Waals surface area contributed by atoms with Crippen LogP contribution in [-0.4, -0.2) is 28.9 Å². The second kappa shape index (κ2) is 5.12. The van der Waals surface area contributed by atoms with E-state index in [2.05, 4.69) is 21.8 Å². The van der Waals surface area contributed by atoms with Crippen LogP contribution in [-0.2, 0) is 0 Å². The highest BCUT2D eigenvalue weighted by Crippen LogP contribution is 2.26. The van der Waals surface area contributed by atoms with Crippen molar-refractivity contribution in [3.05, 3.63) is 18.1 Å². The molecule has 92 valence electrons. The van der Waals surface area contributed by atoms with Gasteiger partial charge in [0, 0.05) is 25.5 Å². The molecule has 3 N–H and O–H groups in total. The Bertz CT molecular complexity index is 404. The molecule has 0 spiro atoms. The van der Waals surface area contributed by atoms with E-state index in [1.54, 1.807) is 12.4 Å². The van der Waals surface area contributed by atoms with Gasteiger partial charge < -0.3 is 10.6 Å². The van der Waals surface area contributed by atoms with E-state index in [9.17, 15) is 0 Å². The number of amidine groups is 1. The Hall–Kier alpha value is -1.65. The average Bonchev–Trinajstić information content (AvgIpc) is 2.78. The number of rotatable bonds is 4. The molecule has 0 saturated carbocycles. The van der Waals surface area contributed by atoms with Gasteiger partial charge in [0.2, 0.25) is 0 Å². The predicted octanol–water partition coefficient (Wildman–Crippen LogP) is 1.39. The van der Waals surface area contributed by atoms with Gasteiger partial charge in [-0.05, 0) is 18.8 Å². The van der Waals surface area contributed by atoms with Crippen LogP contribution in [0.15, 0.2) is 12.4 Å². The Morgan fingerprint density at radius 1 is 1.53 bits per heavy atom. The number of nitrogens with one attached hydrogen (secondary N) is 1. The van der Waals surface area contributed by atoms with E-state index in [-0.39, 0.29) is 5.84 Å². The molecule has 1 unspecified atom stereocenters. The van der Waals surface area contributed by atoms with Gasteiger partial charge in [-0.15, -0.1) is 0 Å². The van der Waals surface area contributed by atoms with Gasteiger partial charge >= 0.3 is 0 Å². The van der Waals surface area contributed by atoms with E-state index in [0.29, 0.717) is 5.69 Å². The molecule has 1 aliphatic heterocycles. The van der Waals surface area contributed by atoms with Crippen LogP contribution >= 0.6 is 0 Å². The molecule has 1 fully saturated rings. The Labute approximate surface area is 102 Å². The molecule has 0 radical (unpaired) electrons. The van der Waals surface area contributed by atoms with Gasteiger partial charge in [-0.3, -0.25) is 5.41 Å². The van der Waals surface area contributed by atoms with Gasteiger partial charge in [-0.2, -0.15) is 0 Å². The standard InChI is InChI=1S/C12H19N5/c1-2-3-9-4-7-17(8-9)12-10(11(13)14)15-5-6-16-12/h5-6,9H,2-4,7-8H2,1H3,(H3,13,14). The zero-order chi connectivity index (χ0) is 12.3. The maximum atomic E-state index is 7.52. The number of nitrogens with zero attached hydrogens (tertiary/aromatic N) is 3. The molecule has 1 aromatic heterocycles. The molecule has 0 aromatic carbocycles. The van der Waals surface area contributed by atoms with Gasteiger partial charge in [0.1, 0.15) is 11.5 Å². The number of nitrogens with two attached hydrogens (primary N) is 1. The minimum Gasteiger partial charge on any atom is -0.382 e. The molecular formula is C12H19N5. The largest absolute Gasteiger partial charge is 0.382 e. The first-order valence-corrected chi connectivity index (χ1v) is 6.12. The Morgan fingerprint density at radius 2 is 2.29 bits per heavy atom. The molecule has 0 bridgehead atoms. The van der Waals surface area contributed by atoms with Crippen molar-refractivity contribution in [2.45, 2.75) is 26.2 Å². The first kappa shape index (κ1) is 11.8. The zero-order valence-electron chi connectivity index (χ0n) is 10.2. The molecule has 0 aliphatic carbocycles. The summed E-state index contributed by atoms with van der Waals surface area (Å²) in [4.78, 5) is 10.7. The quantitative estimate of drug-likeness (QED) is 0.608.